The number of nitrogens with one attached hydrogen (secondary N) is 1. The zero-order valence-electron chi connectivity index (χ0n) is 17.8. The minimum Gasteiger partial charge on any atom is -0.497 e. The van der Waals surface area contributed by atoms with E-state index in [0.29, 0.717) is 28.7 Å². The number of carbonyl (C=O) groups excluding carboxylic acids is 1. The molecule has 32 heavy (non-hydrogen) atoms. The van der Waals surface area contributed by atoms with E-state index in [1.165, 1.54) is 31.0 Å². The second-order valence-corrected chi connectivity index (χ2v) is 7.04. The first-order valence-electron chi connectivity index (χ1n) is 9.82. The summed E-state index contributed by atoms with van der Waals surface area (Å²) in [6, 6.07) is 18.6. The molecule has 3 aromatic carbocycles. The molecule has 1 N–H and O–H groups in total. The Hall–Kier alpha value is -4.20. The molecule has 0 aliphatic carbocycles. The molecule has 162 valence electrons. The number of amides is 1. The molecular weight excluding hydrogens is 411 g/mol. The highest BCUT2D eigenvalue weighted by Crippen LogP contribution is 2.29. The summed E-state index contributed by atoms with van der Waals surface area (Å²) in [7, 11) is 3.04. The van der Waals surface area contributed by atoms with Crippen molar-refractivity contribution in [1.82, 2.24) is 14.8 Å². The van der Waals surface area contributed by atoms with Crippen LogP contribution >= 0.6 is 0 Å². The second-order valence-electron chi connectivity index (χ2n) is 7.04. The normalized spacial score (nSPS) is 10.6. The number of aromatic nitrogens is 3. The average molecular weight is 432 g/mol. The van der Waals surface area contributed by atoms with Gasteiger partial charge < -0.3 is 14.8 Å². The Labute approximate surface area is 184 Å². The summed E-state index contributed by atoms with van der Waals surface area (Å²) in [5.74, 6) is 0.557. The molecule has 0 radical (unpaired) electrons. The van der Waals surface area contributed by atoms with Gasteiger partial charge in [-0.05, 0) is 49.4 Å². The Morgan fingerprint density at radius 1 is 1.00 bits per heavy atom. The van der Waals surface area contributed by atoms with Crippen LogP contribution in [0.4, 0.5) is 10.1 Å². The molecule has 0 atom stereocenters. The van der Waals surface area contributed by atoms with E-state index in [1.807, 2.05) is 31.2 Å². The predicted octanol–water partition coefficient (Wildman–Crippen LogP) is 4.65. The van der Waals surface area contributed by atoms with Gasteiger partial charge in [-0.25, -0.2) is 14.1 Å². The van der Waals surface area contributed by atoms with Crippen molar-refractivity contribution < 1.29 is 18.7 Å². The number of benzene rings is 3. The fourth-order valence-corrected chi connectivity index (χ4v) is 3.23. The maximum absolute atomic E-state index is 13.5. The number of hydrogen-bond acceptors (Lipinski definition) is 5. The van der Waals surface area contributed by atoms with E-state index in [1.54, 1.807) is 30.3 Å². The number of anilines is 1. The van der Waals surface area contributed by atoms with Gasteiger partial charge in [0.2, 0.25) is 5.82 Å². The molecule has 1 aromatic heterocycles. The molecule has 7 nitrogen and oxygen atoms in total. The summed E-state index contributed by atoms with van der Waals surface area (Å²) in [5, 5.41) is 7.18. The Balaban J connectivity index is 1.76. The van der Waals surface area contributed by atoms with Gasteiger partial charge in [-0.3, -0.25) is 4.79 Å². The molecule has 0 aliphatic rings. The lowest BCUT2D eigenvalue weighted by molar-refractivity contribution is 0.101. The molecule has 0 bridgehead atoms. The summed E-state index contributed by atoms with van der Waals surface area (Å²) in [6.07, 6.45) is 0. The van der Waals surface area contributed by atoms with Crippen LogP contribution in [0.5, 0.6) is 11.5 Å². The molecule has 0 aliphatic heterocycles. The fraction of sp³-hybridized carbons (Fsp3) is 0.125. The first-order valence-corrected chi connectivity index (χ1v) is 9.82. The summed E-state index contributed by atoms with van der Waals surface area (Å²) >= 11 is 0. The first-order chi connectivity index (χ1) is 15.5. The third kappa shape index (κ3) is 4.29. The molecule has 0 unspecified atom stereocenters. The predicted molar refractivity (Wildman–Crippen MR) is 119 cm³/mol. The molecule has 0 saturated heterocycles. The lowest BCUT2D eigenvalue weighted by Crippen LogP contribution is -2.15. The SMILES string of the molecule is COc1ccc(OC)c(NC(=O)c2nc(-c3cccc(C)c3)n(-c3ccc(F)cc3)n2)c1. The van der Waals surface area contributed by atoms with Crippen LogP contribution in [0.25, 0.3) is 17.1 Å². The van der Waals surface area contributed by atoms with Crippen molar-refractivity contribution in [3.05, 3.63) is 83.9 Å². The largest absolute Gasteiger partial charge is 0.497 e. The minimum atomic E-state index is -0.522. The molecule has 1 heterocycles. The lowest BCUT2D eigenvalue weighted by Gasteiger charge is -2.10. The van der Waals surface area contributed by atoms with Crippen LogP contribution in [-0.4, -0.2) is 34.9 Å². The van der Waals surface area contributed by atoms with Gasteiger partial charge in [-0.2, -0.15) is 0 Å². The number of hydrogen-bond donors (Lipinski definition) is 1. The van der Waals surface area contributed by atoms with Gasteiger partial charge in [-0.15, -0.1) is 5.10 Å². The molecule has 4 aromatic rings. The summed E-state index contributed by atoms with van der Waals surface area (Å²) in [4.78, 5) is 17.5. The van der Waals surface area contributed by atoms with Gasteiger partial charge in [0.15, 0.2) is 5.82 Å². The van der Waals surface area contributed by atoms with Crippen molar-refractivity contribution in [2.75, 3.05) is 19.5 Å². The van der Waals surface area contributed by atoms with Crippen molar-refractivity contribution >= 4 is 11.6 Å². The third-order valence-electron chi connectivity index (χ3n) is 4.81. The highest BCUT2D eigenvalue weighted by atomic mass is 19.1. The molecular formula is C24H21FN4O3. The number of aryl methyl sites for hydroxylation is 1. The van der Waals surface area contributed by atoms with Crippen LogP contribution in [0.3, 0.4) is 0 Å². The van der Waals surface area contributed by atoms with Gasteiger partial charge in [0.25, 0.3) is 5.91 Å². The van der Waals surface area contributed by atoms with Gasteiger partial charge in [0, 0.05) is 11.6 Å². The van der Waals surface area contributed by atoms with E-state index < -0.39 is 5.91 Å². The van der Waals surface area contributed by atoms with Crippen molar-refractivity contribution in [3.63, 3.8) is 0 Å². The minimum absolute atomic E-state index is 0.0456. The molecule has 0 fully saturated rings. The quantitative estimate of drug-likeness (QED) is 0.480. The van der Waals surface area contributed by atoms with Crippen LogP contribution in [0.2, 0.25) is 0 Å². The zero-order valence-corrected chi connectivity index (χ0v) is 17.8. The molecule has 1 amide bonds. The lowest BCUT2D eigenvalue weighted by atomic mass is 10.1. The highest BCUT2D eigenvalue weighted by Gasteiger charge is 2.20. The molecule has 0 saturated carbocycles. The number of halogens is 1. The van der Waals surface area contributed by atoms with E-state index >= 15 is 0 Å². The molecule has 0 spiro atoms. The maximum atomic E-state index is 13.5. The summed E-state index contributed by atoms with van der Waals surface area (Å²) in [6.45, 7) is 1.96. The molecule has 8 heteroatoms. The van der Waals surface area contributed by atoms with E-state index in [9.17, 15) is 9.18 Å². The molecule has 4 rings (SSSR count). The Bertz CT molecular complexity index is 1270. The number of methoxy groups -OCH3 is 2. The standard InChI is InChI=1S/C24H21FN4O3/c1-15-5-4-6-16(13-15)23-27-22(28-29(23)18-9-7-17(25)8-10-18)24(30)26-20-14-19(31-2)11-12-21(20)32-3/h4-14H,1-3H3,(H,26,30). The van der Waals surface area contributed by atoms with E-state index in [-0.39, 0.29) is 11.6 Å². The summed E-state index contributed by atoms with van der Waals surface area (Å²) in [5.41, 5.74) is 2.81. The van der Waals surface area contributed by atoms with Crippen molar-refractivity contribution in [2.24, 2.45) is 0 Å². The third-order valence-corrected chi connectivity index (χ3v) is 4.81. The van der Waals surface area contributed by atoms with Crippen LogP contribution < -0.4 is 14.8 Å². The average Bonchev–Trinajstić information content (AvgIpc) is 3.25. The maximum Gasteiger partial charge on any atom is 0.295 e. The fourth-order valence-electron chi connectivity index (χ4n) is 3.23. The zero-order chi connectivity index (χ0) is 22.7. The van der Waals surface area contributed by atoms with Crippen LogP contribution in [0.15, 0.2) is 66.7 Å². The Kier molecular flexibility index (Phi) is 5.85. The van der Waals surface area contributed by atoms with Gasteiger partial charge in [0.05, 0.1) is 25.6 Å². The van der Waals surface area contributed by atoms with E-state index in [4.69, 9.17) is 9.47 Å². The van der Waals surface area contributed by atoms with Gasteiger partial charge in [0.1, 0.15) is 17.3 Å². The van der Waals surface area contributed by atoms with Gasteiger partial charge in [-0.1, -0.05) is 23.8 Å². The van der Waals surface area contributed by atoms with Crippen molar-refractivity contribution in [2.45, 2.75) is 6.92 Å². The van der Waals surface area contributed by atoms with E-state index in [2.05, 4.69) is 15.4 Å². The Morgan fingerprint density at radius 2 is 1.78 bits per heavy atom. The summed E-state index contributed by atoms with van der Waals surface area (Å²) < 4.78 is 25.5. The van der Waals surface area contributed by atoms with Crippen molar-refractivity contribution in [3.8, 4) is 28.6 Å². The number of rotatable bonds is 6. The second kappa shape index (κ2) is 8.89. The smallest absolute Gasteiger partial charge is 0.295 e. The Morgan fingerprint density at radius 3 is 2.47 bits per heavy atom. The topological polar surface area (TPSA) is 78.3 Å². The van der Waals surface area contributed by atoms with Crippen LogP contribution in [-0.2, 0) is 0 Å². The van der Waals surface area contributed by atoms with Crippen molar-refractivity contribution in [1.29, 1.82) is 0 Å². The van der Waals surface area contributed by atoms with E-state index in [0.717, 1.165) is 11.1 Å². The van der Waals surface area contributed by atoms with Crippen LogP contribution in [0, 0.1) is 12.7 Å². The number of carbonyl (C=O) groups is 1. The van der Waals surface area contributed by atoms with Gasteiger partial charge >= 0.3 is 0 Å². The monoisotopic (exact) mass is 432 g/mol. The number of ether oxygens (including phenoxy) is 2. The van der Waals surface area contributed by atoms with Crippen LogP contribution in [0.1, 0.15) is 16.2 Å². The first kappa shape index (κ1) is 21.0. The number of nitrogens with zero attached hydrogens (tertiary/aromatic N) is 3. The highest BCUT2D eigenvalue weighted by molar-refractivity contribution is 6.02.